The van der Waals surface area contributed by atoms with Gasteiger partial charge in [0.2, 0.25) is 0 Å². The van der Waals surface area contributed by atoms with Crippen LogP contribution in [0.4, 0.5) is 0 Å². The molecule has 0 amide bonds. The number of carbonyl (C=O) groups is 4. The third-order valence-corrected chi connectivity index (χ3v) is 6.66. The van der Waals surface area contributed by atoms with Gasteiger partial charge in [-0.05, 0) is 48.5 Å². The Kier molecular flexibility index (Phi) is 8.73. The Morgan fingerprint density at radius 3 is 1.67 bits per heavy atom. The van der Waals surface area contributed by atoms with Crippen molar-refractivity contribution in [3.8, 4) is 0 Å². The minimum Gasteiger partial charge on any atom is -0.477 e. The molecule has 11 nitrogen and oxygen atoms in total. The number of ether oxygens (including phenoxy) is 4. The van der Waals surface area contributed by atoms with Crippen LogP contribution in [0.15, 0.2) is 114 Å². The molecule has 1 N–H and O–H groups in total. The van der Waals surface area contributed by atoms with Gasteiger partial charge in [-0.2, -0.15) is 0 Å². The summed E-state index contributed by atoms with van der Waals surface area (Å²) in [4.78, 5) is 64.0. The number of carboxylic acid groups (broad SMARTS) is 1. The second-order valence-corrected chi connectivity index (χ2v) is 9.44. The Morgan fingerprint density at radius 2 is 1.16 bits per heavy atom. The zero-order valence-electron chi connectivity index (χ0n) is 22.5. The average molecular weight is 584 g/mol. The zero-order chi connectivity index (χ0) is 30.3. The van der Waals surface area contributed by atoms with Gasteiger partial charge in [0.1, 0.15) is 18.3 Å². The largest absolute Gasteiger partial charge is 0.477 e. The molecule has 1 saturated heterocycles. The molecule has 0 spiro atoms. The van der Waals surface area contributed by atoms with Crippen LogP contribution in [-0.2, 0) is 18.9 Å². The van der Waals surface area contributed by atoms with E-state index < -0.39 is 66.1 Å². The second kappa shape index (κ2) is 13.0. The summed E-state index contributed by atoms with van der Waals surface area (Å²) in [6.45, 7) is -0.455. The number of benzene rings is 3. The number of nitrogens with zero attached hydrogens (tertiary/aromatic N) is 1. The van der Waals surface area contributed by atoms with Crippen molar-refractivity contribution in [2.24, 2.45) is 0 Å². The van der Waals surface area contributed by atoms with Crippen LogP contribution in [-0.4, -0.2) is 58.5 Å². The first kappa shape index (κ1) is 29.0. The third kappa shape index (κ3) is 6.52. The van der Waals surface area contributed by atoms with E-state index in [0.29, 0.717) is 0 Å². The molecular formula is C32H25NO10. The fourth-order valence-corrected chi connectivity index (χ4v) is 4.55. The molecule has 2 unspecified atom stereocenters. The van der Waals surface area contributed by atoms with Gasteiger partial charge in [-0.25, -0.2) is 19.2 Å². The molecule has 11 heteroatoms. The third-order valence-electron chi connectivity index (χ3n) is 6.66. The van der Waals surface area contributed by atoms with Gasteiger partial charge in [0.25, 0.3) is 5.56 Å². The van der Waals surface area contributed by atoms with E-state index in [1.165, 1.54) is 36.5 Å². The Balaban J connectivity index is 1.53. The molecule has 0 saturated carbocycles. The first-order valence-corrected chi connectivity index (χ1v) is 13.2. The Labute approximate surface area is 244 Å². The van der Waals surface area contributed by atoms with Crippen LogP contribution in [0.25, 0.3) is 0 Å². The Bertz CT molecular complexity index is 1670. The predicted octanol–water partition coefficient (Wildman–Crippen LogP) is 3.75. The van der Waals surface area contributed by atoms with E-state index in [2.05, 4.69) is 0 Å². The summed E-state index contributed by atoms with van der Waals surface area (Å²) in [5, 5.41) is 9.53. The summed E-state index contributed by atoms with van der Waals surface area (Å²) in [7, 11) is 0. The number of esters is 3. The highest BCUT2D eigenvalue weighted by Crippen LogP contribution is 2.35. The highest BCUT2D eigenvalue weighted by Gasteiger charge is 2.51. The summed E-state index contributed by atoms with van der Waals surface area (Å²) in [6.07, 6.45) is -4.25. The molecule has 0 aliphatic carbocycles. The predicted molar refractivity (Wildman–Crippen MR) is 150 cm³/mol. The molecule has 4 aromatic rings. The van der Waals surface area contributed by atoms with Crippen molar-refractivity contribution in [2.75, 3.05) is 6.61 Å². The molecule has 1 aliphatic heterocycles. The van der Waals surface area contributed by atoms with Crippen LogP contribution in [0, 0.1) is 0 Å². The smallest absolute Gasteiger partial charge is 0.341 e. The van der Waals surface area contributed by atoms with Gasteiger partial charge in [0.15, 0.2) is 18.4 Å². The second-order valence-electron chi connectivity index (χ2n) is 9.44. The number of pyridine rings is 1. The average Bonchev–Trinajstić information content (AvgIpc) is 3.36. The van der Waals surface area contributed by atoms with Crippen molar-refractivity contribution in [3.05, 3.63) is 142 Å². The number of aromatic carboxylic acids is 1. The standard InChI is InChI=1S/C32H25NO10/c34-27-23(29(35)36)17-10-18-33(27)28-26(43-32(39)22-15-8-3-9-16-22)25(42-31(38)21-13-6-2-7-14-21)24(41-28)19-40-30(37)20-11-4-1-5-12-20/h1-18,24-26,28H,19H2,(H,35,36)/t24-,25?,26?,28-/m1/s1. The van der Waals surface area contributed by atoms with Crippen molar-refractivity contribution in [3.63, 3.8) is 0 Å². The minimum absolute atomic E-state index is 0.167. The van der Waals surface area contributed by atoms with Gasteiger partial charge in [0.05, 0.1) is 16.7 Å². The fourth-order valence-electron chi connectivity index (χ4n) is 4.55. The van der Waals surface area contributed by atoms with E-state index in [-0.39, 0.29) is 16.7 Å². The lowest BCUT2D eigenvalue weighted by molar-refractivity contribution is -0.0635. The monoisotopic (exact) mass is 583 g/mol. The fraction of sp³-hybridized carbons (Fsp3) is 0.156. The van der Waals surface area contributed by atoms with Crippen molar-refractivity contribution in [1.82, 2.24) is 4.57 Å². The highest BCUT2D eigenvalue weighted by atomic mass is 16.7. The van der Waals surface area contributed by atoms with Crippen LogP contribution < -0.4 is 5.56 Å². The molecule has 1 aliphatic rings. The van der Waals surface area contributed by atoms with Gasteiger partial charge < -0.3 is 24.1 Å². The number of aromatic nitrogens is 1. The SMILES string of the molecule is O=C(OC[C@H]1O[C@@H](n2cccc(C(=O)O)c2=O)C(OC(=O)c2ccccc2)C1OC(=O)c1ccccc1)c1ccccc1. The quantitative estimate of drug-likeness (QED) is 0.228. The molecule has 1 aromatic heterocycles. The Hall–Kier alpha value is -5.55. The maximum absolute atomic E-state index is 13.2. The molecule has 5 rings (SSSR count). The van der Waals surface area contributed by atoms with Crippen molar-refractivity contribution >= 4 is 23.9 Å². The van der Waals surface area contributed by atoms with Gasteiger partial charge >= 0.3 is 23.9 Å². The summed E-state index contributed by atoms with van der Waals surface area (Å²) < 4.78 is 24.1. The molecule has 0 bridgehead atoms. The number of carbonyl (C=O) groups excluding carboxylic acids is 3. The molecule has 4 atom stereocenters. The maximum Gasteiger partial charge on any atom is 0.341 e. The van der Waals surface area contributed by atoms with Gasteiger partial charge in [-0.15, -0.1) is 0 Å². The first-order chi connectivity index (χ1) is 20.8. The van der Waals surface area contributed by atoms with E-state index in [1.54, 1.807) is 66.7 Å². The van der Waals surface area contributed by atoms with E-state index in [0.717, 1.165) is 10.6 Å². The minimum atomic E-state index is -1.48. The van der Waals surface area contributed by atoms with Gasteiger partial charge in [-0.3, -0.25) is 9.36 Å². The molecule has 43 heavy (non-hydrogen) atoms. The number of hydrogen-bond acceptors (Lipinski definition) is 9. The summed E-state index contributed by atoms with van der Waals surface area (Å²) >= 11 is 0. The zero-order valence-corrected chi connectivity index (χ0v) is 22.5. The van der Waals surface area contributed by atoms with Crippen molar-refractivity contribution < 1.29 is 43.2 Å². The summed E-state index contributed by atoms with van der Waals surface area (Å²) in [6, 6.07) is 26.6. The summed E-state index contributed by atoms with van der Waals surface area (Å²) in [5.74, 6) is -3.77. The normalized spacial score (nSPS) is 19.3. The number of carboxylic acids is 1. The Morgan fingerprint density at radius 1 is 0.674 bits per heavy atom. The molecule has 1 fully saturated rings. The van der Waals surface area contributed by atoms with Crippen LogP contribution in [0.1, 0.15) is 47.7 Å². The van der Waals surface area contributed by atoms with Crippen LogP contribution >= 0.6 is 0 Å². The maximum atomic E-state index is 13.2. The van der Waals surface area contributed by atoms with E-state index >= 15 is 0 Å². The van der Waals surface area contributed by atoms with Crippen LogP contribution in [0.3, 0.4) is 0 Å². The molecule has 3 aromatic carbocycles. The highest BCUT2D eigenvalue weighted by molar-refractivity contribution is 5.91. The lowest BCUT2D eigenvalue weighted by Gasteiger charge is -2.25. The van der Waals surface area contributed by atoms with Crippen molar-refractivity contribution in [2.45, 2.75) is 24.5 Å². The lowest BCUT2D eigenvalue weighted by Crippen LogP contribution is -2.42. The van der Waals surface area contributed by atoms with Crippen molar-refractivity contribution in [1.29, 1.82) is 0 Å². The molecule has 2 heterocycles. The van der Waals surface area contributed by atoms with E-state index in [4.69, 9.17) is 18.9 Å². The molecule has 218 valence electrons. The number of hydrogen-bond donors (Lipinski definition) is 1. The number of rotatable bonds is 9. The van der Waals surface area contributed by atoms with E-state index in [9.17, 15) is 29.1 Å². The van der Waals surface area contributed by atoms with Gasteiger partial charge in [0, 0.05) is 6.20 Å². The topological polar surface area (TPSA) is 147 Å². The van der Waals surface area contributed by atoms with Gasteiger partial charge in [-0.1, -0.05) is 54.6 Å². The van der Waals surface area contributed by atoms with E-state index in [1.807, 2.05) is 0 Å². The lowest BCUT2D eigenvalue weighted by atomic mass is 10.1. The summed E-state index contributed by atoms with van der Waals surface area (Å²) in [5.41, 5.74) is -0.900. The molecule has 0 radical (unpaired) electrons. The van der Waals surface area contributed by atoms with Crippen LogP contribution in [0.5, 0.6) is 0 Å². The molecular weight excluding hydrogens is 558 g/mol. The first-order valence-electron chi connectivity index (χ1n) is 13.2. The van der Waals surface area contributed by atoms with Crippen LogP contribution in [0.2, 0.25) is 0 Å².